The van der Waals surface area contributed by atoms with Crippen LogP contribution in [0.4, 0.5) is 5.69 Å². The van der Waals surface area contributed by atoms with Gasteiger partial charge in [-0.05, 0) is 30.2 Å². The van der Waals surface area contributed by atoms with Crippen molar-refractivity contribution in [2.24, 2.45) is 5.73 Å². The summed E-state index contributed by atoms with van der Waals surface area (Å²) in [4.78, 5) is 13.3. The van der Waals surface area contributed by atoms with Gasteiger partial charge in [0.15, 0.2) is 0 Å². The van der Waals surface area contributed by atoms with Gasteiger partial charge in [-0.1, -0.05) is 12.1 Å². The highest BCUT2D eigenvalue weighted by Gasteiger charge is 2.23. The zero-order valence-electron chi connectivity index (χ0n) is 11.2. The Bertz CT molecular complexity index is 462. The summed E-state index contributed by atoms with van der Waals surface area (Å²) in [6, 6.07) is 6.15. The summed E-state index contributed by atoms with van der Waals surface area (Å²) >= 11 is 0. The predicted molar refractivity (Wildman–Crippen MR) is 75.2 cm³/mol. The van der Waals surface area contributed by atoms with Gasteiger partial charge in [0.25, 0.3) is 0 Å². The number of carbonyl (C=O) groups excluding carboxylic acids is 1. The Balaban J connectivity index is 1.86. The number of hydrogen-bond donors (Lipinski definition) is 3. The Morgan fingerprint density at radius 2 is 2.32 bits per heavy atom. The van der Waals surface area contributed by atoms with E-state index in [1.807, 2.05) is 13.1 Å². The van der Waals surface area contributed by atoms with Gasteiger partial charge in [-0.3, -0.25) is 4.79 Å². The van der Waals surface area contributed by atoms with Gasteiger partial charge in [-0.15, -0.1) is 0 Å². The molecular weight excluding hydrogens is 242 g/mol. The summed E-state index contributed by atoms with van der Waals surface area (Å²) in [6.07, 6.45) is 0.896. The van der Waals surface area contributed by atoms with Crippen molar-refractivity contribution < 1.29 is 9.90 Å². The largest absolute Gasteiger partial charge is 0.390 e. The molecule has 0 bridgehead atoms. The fourth-order valence-corrected chi connectivity index (χ4v) is 2.26. The molecule has 4 N–H and O–H groups in total. The number of fused-ring (bicyclic) bond motifs is 1. The number of likely N-dealkylation sites (N-methyl/N-ethyl adjacent to an activating group) is 1. The lowest BCUT2D eigenvalue weighted by Gasteiger charge is -2.11. The van der Waals surface area contributed by atoms with Crippen LogP contribution in [0.1, 0.15) is 11.1 Å². The van der Waals surface area contributed by atoms with Crippen LogP contribution in [-0.2, 0) is 17.6 Å². The van der Waals surface area contributed by atoms with Crippen LogP contribution in [0, 0.1) is 0 Å². The number of anilines is 1. The average Bonchev–Trinajstić information content (AvgIpc) is 2.69. The van der Waals surface area contributed by atoms with Crippen molar-refractivity contribution >= 4 is 11.6 Å². The molecule has 19 heavy (non-hydrogen) atoms. The van der Waals surface area contributed by atoms with Crippen molar-refractivity contribution in [1.29, 1.82) is 0 Å². The SMILES string of the molecule is CN1C(=O)Cc2cc(CCNCC(O)CN)ccc21. The zero-order valence-corrected chi connectivity index (χ0v) is 11.2. The topological polar surface area (TPSA) is 78.6 Å². The van der Waals surface area contributed by atoms with Crippen molar-refractivity contribution in [1.82, 2.24) is 5.32 Å². The highest BCUT2D eigenvalue weighted by molar-refractivity contribution is 6.00. The van der Waals surface area contributed by atoms with E-state index in [1.165, 1.54) is 5.56 Å². The number of hydrogen-bond acceptors (Lipinski definition) is 4. The summed E-state index contributed by atoms with van der Waals surface area (Å²) in [5.74, 6) is 0.149. The van der Waals surface area contributed by atoms with Crippen molar-refractivity contribution in [2.75, 3.05) is 31.6 Å². The second-order valence-corrected chi connectivity index (χ2v) is 4.94. The third-order valence-corrected chi connectivity index (χ3v) is 3.46. The normalized spacial score (nSPS) is 15.7. The van der Waals surface area contributed by atoms with Crippen molar-refractivity contribution in [2.45, 2.75) is 18.9 Å². The predicted octanol–water partition coefficient (Wildman–Crippen LogP) is -0.343. The summed E-state index contributed by atoms with van der Waals surface area (Å²) in [6.45, 7) is 1.59. The first-order valence-electron chi connectivity index (χ1n) is 6.59. The zero-order chi connectivity index (χ0) is 13.8. The smallest absolute Gasteiger partial charge is 0.231 e. The summed E-state index contributed by atoms with van der Waals surface area (Å²) in [7, 11) is 1.81. The van der Waals surface area contributed by atoms with E-state index in [0.717, 1.165) is 24.2 Å². The van der Waals surface area contributed by atoms with Crippen LogP contribution in [0.2, 0.25) is 0 Å². The molecule has 1 unspecified atom stereocenters. The number of nitrogens with one attached hydrogen (secondary N) is 1. The number of rotatable bonds is 6. The second-order valence-electron chi connectivity index (χ2n) is 4.94. The van der Waals surface area contributed by atoms with E-state index >= 15 is 0 Å². The van der Waals surface area contributed by atoms with Gasteiger partial charge >= 0.3 is 0 Å². The molecule has 104 valence electrons. The van der Waals surface area contributed by atoms with Crippen LogP contribution in [0.5, 0.6) is 0 Å². The molecule has 1 aromatic rings. The van der Waals surface area contributed by atoms with E-state index in [0.29, 0.717) is 13.0 Å². The van der Waals surface area contributed by atoms with Crippen LogP contribution in [0.3, 0.4) is 0 Å². The van der Waals surface area contributed by atoms with E-state index in [4.69, 9.17) is 5.73 Å². The van der Waals surface area contributed by atoms with Crippen molar-refractivity contribution in [3.8, 4) is 0 Å². The van der Waals surface area contributed by atoms with Gasteiger partial charge in [0.2, 0.25) is 5.91 Å². The lowest BCUT2D eigenvalue weighted by atomic mass is 10.1. The van der Waals surface area contributed by atoms with Gasteiger partial charge in [0.1, 0.15) is 0 Å². The number of benzene rings is 1. The summed E-state index contributed by atoms with van der Waals surface area (Å²) in [5, 5.41) is 12.5. The molecule has 1 aliphatic rings. The summed E-state index contributed by atoms with van der Waals surface area (Å²) in [5.41, 5.74) is 8.65. The highest BCUT2D eigenvalue weighted by Crippen LogP contribution is 2.28. The number of aliphatic hydroxyl groups is 1. The van der Waals surface area contributed by atoms with Gasteiger partial charge < -0.3 is 21.1 Å². The molecule has 2 rings (SSSR count). The monoisotopic (exact) mass is 263 g/mol. The lowest BCUT2D eigenvalue weighted by molar-refractivity contribution is -0.117. The highest BCUT2D eigenvalue weighted by atomic mass is 16.3. The van der Waals surface area contributed by atoms with Crippen molar-refractivity contribution in [3.05, 3.63) is 29.3 Å². The number of aliphatic hydroxyl groups excluding tert-OH is 1. The van der Waals surface area contributed by atoms with Gasteiger partial charge in [-0.2, -0.15) is 0 Å². The first-order valence-corrected chi connectivity index (χ1v) is 6.59. The number of carbonyl (C=O) groups is 1. The quantitative estimate of drug-likeness (QED) is 0.613. The number of amides is 1. The molecule has 0 saturated heterocycles. The molecule has 0 aliphatic carbocycles. The molecule has 0 spiro atoms. The van der Waals surface area contributed by atoms with Gasteiger partial charge in [-0.25, -0.2) is 0 Å². The van der Waals surface area contributed by atoms with E-state index in [2.05, 4.69) is 17.4 Å². The third-order valence-electron chi connectivity index (χ3n) is 3.46. The minimum atomic E-state index is -0.480. The molecule has 0 aromatic heterocycles. The van der Waals surface area contributed by atoms with Crippen LogP contribution < -0.4 is 16.0 Å². The molecule has 5 heteroatoms. The van der Waals surface area contributed by atoms with Gasteiger partial charge in [0, 0.05) is 25.8 Å². The molecule has 0 radical (unpaired) electrons. The standard InChI is InChI=1S/C14H21N3O2/c1-17-13-3-2-10(6-11(13)7-14(17)19)4-5-16-9-12(18)8-15/h2-3,6,12,16,18H,4-5,7-9,15H2,1H3. The van der Waals surface area contributed by atoms with E-state index in [9.17, 15) is 9.90 Å². The number of nitrogens with zero attached hydrogens (tertiary/aromatic N) is 1. The molecular formula is C14H21N3O2. The Hall–Kier alpha value is -1.43. The number of nitrogens with two attached hydrogens (primary N) is 1. The van der Waals surface area contributed by atoms with E-state index < -0.39 is 6.10 Å². The Morgan fingerprint density at radius 3 is 3.05 bits per heavy atom. The van der Waals surface area contributed by atoms with Gasteiger partial charge in [0.05, 0.1) is 12.5 Å². The minimum Gasteiger partial charge on any atom is -0.390 e. The Morgan fingerprint density at radius 1 is 1.53 bits per heavy atom. The van der Waals surface area contributed by atoms with E-state index in [-0.39, 0.29) is 12.5 Å². The second kappa shape index (κ2) is 6.14. The molecule has 5 nitrogen and oxygen atoms in total. The summed E-state index contributed by atoms with van der Waals surface area (Å²) < 4.78 is 0. The maximum atomic E-state index is 11.6. The fraction of sp³-hybridized carbons (Fsp3) is 0.500. The maximum absolute atomic E-state index is 11.6. The van der Waals surface area contributed by atoms with Crippen LogP contribution >= 0.6 is 0 Å². The van der Waals surface area contributed by atoms with Crippen molar-refractivity contribution in [3.63, 3.8) is 0 Å². The molecule has 1 atom stereocenters. The molecule has 1 aliphatic heterocycles. The van der Waals surface area contributed by atoms with Crippen LogP contribution in [-0.4, -0.2) is 43.8 Å². The molecule has 0 fully saturated rings. The maximum Gasteiger partial charge on any atom is 0.231 e. The fourth-order valence-electron chi connectivity index (χ4n) is 2.26. The van der Waals surface area contributed by atoms with E-state index in [1.54, 1.807) is 4.90 Å². The van der Waals surface area contributed by atoms with Crippen LogP contribution in [0.15, 0.2) is 18.2 Å². The van der Waals surface area contributed by atoms with Crippen LogP contribution in [0.25, 0.3) is 0 Å². The third kappa shape index (κ3) is 3.32. The molecule has 1 aromatic carbocycles. The Labute approximate surface area is 113 Å². The molecule has 1 amide bonds. The molecule has 1 heterocycles. The average molecular weight is 263 g/mol. The minimum absolute atomic E-state index is 0.149. The first kappa shape index (κ1) is 14.0. The molecule has 0 saturated carbocycles. The lowest BCUT2D eigenvalue weighted by Crippen LogP contribution is -2.33. The Kier molecular flexibility index (Phi) is 4.52. The first-order chi connectivity index (χ1) is 9.11.